The molecule has 2 aliphatic rings. The van der Waals surface area contributed by atoms with Crippen LogP contribution in [0.2, 0.25) is 13.1 Å². The van der Waals surface area contributed by atoms with E-state index in [1.54, 1.807) is 0 Å². The monoisotopic (exact) mass is 659 g/mol. The predicted molar refractivity (Wildman–Crippen MR) is 193 cm³/mol. The van der Waals surface area contributed by atoms with Crippen molar-refractivity contribution >= 4 is 59.0 Å². The van der Waals surface area contributed by atoms with Crippen LogP contribution in [0.3, 0.4) is 0 Å². The minimum absolute atomic E-state index is 0.0498. The molecule has 0 aromatic heterocycles. The van der Waals surface area contributed by atoms with Gasteiger partial charge < -0.3 is 0 Å². The van der Waals surface area contributed by atoms with Crippen molar-refractivity contribution in [3.63, 3.8) is 0 Å². The number of benzene rings is 6. The van der Waals surface area contributed by atoms with Gasteiger partial charge in [-0.25, -0.2) is 0 Å². The second-order valence-corrected chi connectivity index (χ2v) is 42.1. The van der Waals surface area contributed by atoms with Crippen LogP contribution in [0.5, 0.6) is 0 Å². The molecule has 8 rings (SSSR count). The average molecular weight is 661 g/mol. The Labute approximate surface area is 269 Å². The first kappa shape index (κ1) is 28.3. The van der Waals surface area contributed by atoms with Gasteiger partial charge in [0.15, 0.2) is 0 Å². The van der Waals surface area contributed by atoms with Crippen molar-refractivity contribution in [1.29, 1.82) is 0 Å². The van der Waals surface area contributed by atoms with E-state index in [-0.39, 0.29) is 8.45 Å². The van der Waals surface area contributed by atoms with Crippen LogP contribution < -0.4 is 0 Å². The van der Waals surface area contributed by atoms with E-state index in [1.807, 2.05) is 0 Å². The van der Waals surface area contributed by atoms with E-state index in [9.17, 15) is 0 Å². The van der Waals surface area contributed by atoms with Gasteiger partial charge in [-0.2, -0.15) is 0 Å². The zero-order valence-corrected chi connectivity index (χ0v) is 29.1. The molecule has 0 N–H and O–H groups in total. The van der Waals surface area contributed by atoms with Gasteiger partial charge in [-0.3, -0.25) is 0 Å². The summed E-state index contributed by atoms with van der Waals surface area (Å²) in [5, 5.41) is 5.05. The summed E-state index contributed by atoms with van der Waals surface area (Å²) in [4.78, 5) is 0. The summed E-state index contributed by atoms with van der Waals surface area (Å²) in [6.45, 7) is 3.19. The fourth-order valence-electron chi connectivity index (χ4n) is 7.94. The van der Waals surface area contributed by atoms with Crippen LogP contribution in [-0.2, 0) is 12.4 Å². The van der Waals surface area contributed by atoms with E-state index in [2.05, 4.69) is 159 Å². The molecule has 6 aromatic rings. The number of halogens is 2. The normalized spacial score (nSPS) is 18.1. The molecule has 0 nitrogen and oxygen atoms in total. The molecule has 0 spiro atoms. The third kappa shape index (κ3) is 4.07. The van der Waals surface area contributed by atoms with Gasteiger partial charge in [-0.05, 0) is 0 Å². The van der Waals surface area contributed by atoms with Crippen molar-refractivity contribution in [2.75, 3.05) is 0 Å². The molecule has 0 saturated heterocycles. The van der Waals surface area contributed by atoms with Crippen LogP contribution in [0, 0.1) is 0 Å². The fraction of sp³-hybridized carbons (Fsp3) is 0.100. The standard InChI is InChI=1S/2C19H13.C2H7Si.2ClH.Ti/c2*1-2-10-16-14(6-1)8-4-12-18(16)19-13-5-9-15-7-3-11-17(15)19;1-3-2;;;/h2*1-13H;3H,1-2H3;2*1H;/q;;;;;+2/p-2. The molecule has 2 atom stereocenters. The Balaban J connectivity index is 1.27. The summed E-state index contributed by atoms with van der Waals surface area (Å²) >= 11 is -4.36. The van der Waals surface area contributed by atoms with Gasteiger partial charge in [-0.1, -0.05) is 0 Å². The summed E-state index contributed by atoms with van der Waals surface area (Å²) in [5.74, 6) is 0. The summed E-state index contributed by atoms with van der Waals surface area (Å²) < 4.78 is 0.0995. The van der Waals surface area contributed by atoms with Crippen LogP contribution >= 0.6 is 18.6 Å². The third-order valence-corrected chi connectivity index (χ3v) is 45.8. The van der Waals surface area contributed by atoms with Gasteiger partial charge in [0.1, 0.15) is 0 Å². The number of hydrogen-bond donors (Lipinski definition) is 0. The fourth-order valence-corrected chi connectivity index (χ4v) is 26.3. The van der Waals surface area contributed by atoms with Crippen molar-refractivity contribution in [3.05, 3.63) is 156 Å². The second kappa shape index (κ2) is 10.4. The maximum absolute atomic E-state index is 8.30. The number of hydrogen-bond acceptors (Lipinski definition) is 0. The molecular formula is C40H33Cl2SiTi. The van der Waals surface area contributed by atoms with Crippen LogP contribution in [0.1, 0.15) is 30.7 Å². The second-order valence-electron chi connectivity index (χ2n) is 12.7. The quantitative estimate of drug-likeness (QED) is 0.162. The Hall–Kier alpha value is -3.17. The van der Waals surface area contributed by atoms with Crippen molar-refractivity contribution in [3.8, 4) is 22.3 Å². The van der Waals surface area contributed by atoms with E-state index in [4.69, 9.17) is 18.6 Å². The van der Waals surface area contributed by atoms with Gasteiger partial charge >= 0.3 is 271 Å². The Morgan fingerprint density at radius 2 is 0.864 bits per heavy atom. The van der Waals surface area contributed by atoms with Crippen molar-refractivity contribution in [1.82, 2.24) is 0 Å². The Morgan fingerprint density at radius 3 is 1.32 bits per heavy atom. The molecular weight excluding hydrogens is 627 g/mol. The summed E-state index contributed by atoms with van der Waals surface area (Å²) in [5.41, 5.74) is 10.2. The van der Waals surface area contributed by atoms with E-state index in [0.717, 1.165) is 0 Å². The van der Waals surface area contributed by atoms with Gasteiger partial charge in [0.2, 0.25) is 0 Å². The molecule has 0 bridgehead atoms. The van der Waals surface area contributed by atoms with Gasteiger partial charge in [0.25, 0.3) is 0 Å². The van der Waals surface area contributed by atoms with Crippen molar-refractivity contribution < 1.29 is 12.4 Å². The molecule has 4 heteroatoms. The molecule has 0 heterocycles. The predicted octanol–water partition coefficient (Wildman–Crippen LogP) is 12.1. The van der Waals surface area contributed by atoms with Crippen LogP contribution in [0.4, 0.5) is 0 Å². The summed E-state index contributed by atoms with van der Waals surface area (Å²) in [6.07, 6.45) is 9.36. The first-order chi connectivity index (χ1) is 21.4. The zero-order valence-electron chi connectivity index (χ0n) is 24.8. The van der Waals surface area contributed by atoms with Gasteiger partial charge in [0, 0.05) is 0 Å². The van der Waals surface area contributed by atoms with Crippen LogP contribution in [0.15, 0.2) is 133 Å². The van der Waals surface area contributed by atoms with Crippen LogP contribution in [-0.4, -0.2) is 6.66 Å². The Bertz CT molecular complexity index is 2020. The van der Waals surface area contributed by atoms with E-state index in [0.29, 0.717) is 0 Å². The van der Waals surface area contributed by atoms with Crippen molar-refractivity contribution in [2.24, 2.45) is 0 Å². The number of rotatable bonds is 5. The third-order valence-electron chi connectivity index (χ3n) is 10.3. The molecule has 0 fully saturated rings. The summed E-state index contributed by atoms with van der Waals surface area (Å²) in [7, 11) is 16.6. The van der Waals surface area contributed by atoms with Gasteiger partial charge in [0.05, 0.1) is 0 Å². The van der Waals surface area contributed by atoms with Crippen LogP contribution in [0.25, 0.3) is 56.0 Å². The maximum atomic E-state index is 8.30. The topological polar surface area (TPSA) is 0 Å². The zero-order chi connectivity index (χ0) is 30.1. The number of allylic oxidation sites excluding steroid dienone is 2. The molecule has 0 radical (unpaired) electrons. The molecule has 2 unspecified atom stereocenters. The Morgan fingerprint density at radius 1 is 0.477 bits per heavy atom. The Kier molecular flexibility index (Phi) is 6.72. The van der Waals surface area contributed by atoms with E-state index in [1.165, 1.54) is 66.1 Å². The van der Waals surface area contributed by atoms with Crippen molar-refractivity contribution in [2.45, 2.75) is 21.5 Å². The molecule has 6 aromatic carbocycles. The molecule has 0 amide bonds. The molecule has 44 heavy (non-hydrogen) atoms. The van der Waals surface area contributed by atoms with Gasteiger partial charge in [-0.15, -0.1) is 0 Å². The molecule has 215 valence electrons. The van der Waals surface area contributed by atoms with E-state index >= 15 is 0 Å². The SMILES string of the molecule is C[SiH](C)[Ti]([Cl])([Cl])([CH]1C=Cc2c(-c3cccc4ccccc34)cccc21)[CH]1C=Cc2c(-c3cccc4ccccc34)cccc21. The first-order valence-corrected chi connectivity index (χ1v) is 27.2. The molecule has 0 saturated carbocycles. The average Bonchev–Trinajstić information content (AvgIpc) is 3.71. The molecule has 0 aliphatic heterocycles. The minimum atomic E-state index is -4.36. The first-order valence-electron chi connectivity index (χ1n) is 15.5. The molecule has 2 aliphatic carbocycles. The number of fused-ring (bicyclic) bond motifs is 4. The van der Waals surface area contributed by atoms with E-state index < -0.39 is 19.1 Å². The summed E-state index contributed by atoms with van der Waals surface area (Å²) in [6, 6.07) is 44.0.